The van der Waals surface area contributed by atoms with Crippen molar-refractivity contribution in [1.29, 1.82) is 0 Å². The van der Waals surface area contributed by atoms with Gasteiger partial charge in [-0.1, -0.05) is 13.8 Å². The molecule has 0 saturated heterocycles. The molecule has 0 bridgehead atoms. The van der Waals surface area contributed by atoms with Crippen molar-refractivity contribution < 1.29 is 4.79 Å². The molecule has 0 aliphatic carbocycles. The summed E-state index contributed by atoms with van der Waals surface area (Å²) < 4.78 is 1.90. The first-order valence-electron chi connectivity index (χ1n) is 5.40. The van der Waals surface area contributed by atoms with Crippen LogP contribution in [0.5, 0.6) is 0 Å². The van der Waals surface area contributed by atoms with Crippen LogP contribution >= 0.6 is 0 Å². The number of amides is 1. The minimum absolute atomic E-state index is 0.122. The van der Waals surface area contributed by atoms with Gasteiger partial charge >= 0.3 is 0 Å². The highest BCUT2D eigenvalue weighted by Crippen LogP contribution is 2.26. The van der Waals surface area contributed by atoms with E-state index < -0.39 is 0 Å². The number of hydrogen-bond acceptors (Lipinski definition) is 2. The van der Waals surface area contributed by atoms with Crippen molar-refractivity contribution in [3.05, 3.63) is 12.3 Å². The third-order valence-corrected chi connectivity index (χ3v) is 3.14. The van der Waals surface area contributed by atoms with E-state index in [0.29, 0.717) is 5.92 Å². The molecule has 1 aromatic rings. The summed E-state index contributed by atoms with van der Waals surface area (Å²) in [6, 6.07) is 1.89. The summed E-state index contributed by atoms with van der Waals surface area (Å²) >= 11 is 0. The first-order valence-corrected chi connectivity index (χ1v) is 5.40. The minimum atomic E-state index is 0.122. The second kappa shape index (κ2) is 3.68. The summed E-state index contributed by atoms with van der Waals surface area (Å²) in [6.07, 6.45) is 2.63. The van der Waals surface area contributed by atoms with Crippen LogP contribution in [-0.2, 0) is 11.3 Å². The molecule has 2 heterocycles. The predicted octanol–water partition coefficient (Wildman–Crippen LogP) is 1.52. The van der Waals surface area contributed by atoms with E-state index in [-0.39, 0.29) is 11.8 Å². The average Bonchev–Trinajstić information content (AvgIpc) is 2.60. The van der Waals surface area contributed by atoms with E-state index in [0.717, 1.165) is 18.8 Å². The third-order valence-electron chi connectivity index (χ3n) is 3.14. The molecule has 1 aliphatic heterocycles. The Morgan fingerprint density at radius 3 is 2.93 bits per heavy atom. The fraction of sp³-hybridized carbons (Fsp3) is 0.636. The van der Waals surface area contributed by atoms with E-state index in [1.807, 2.05) is 17.8 Å². The molecule has 82 valence electrons. The highest BCUT2D eigenvalue weighted by molar-refractivity contribution is 5.94. The molecule has 15 heavy (non-hydrogen) atoms. The molecule has 0 aromatic carbocycles. The highest BCUT2D eigenvalue weighted by Gasteiger charge is 2.30. The van der Waals surface area contributed by atoms with Gasteiger partial charge in [0.25, 0.3) is 0 Å². The molecule has 4 heteroatoms. The Balaban J connectivity index is 2.32. The Bertz CT molecular complexity index is 370. The number of aryl methyl sites for hydroxylation is 1. The number of rotatable bonds is 1. The highest BCUT2D eigenvalue weighted by atomic mass is 16.2. The van der Waals surface area contributed by atoms with Crippen LogP contribution in [0.1, 0.15) is 20.3 Å². The monoisotopic (exact) mass is 207 g/mol. The van der Waals surface area contributed by atoms with Crippen molar-refractivity contribution in [2.45, 2.75) is 26.8 Å². The number of nitrogens with zero attached hydrogens (tertiary/aromatic N) is 3. The number of fused-ring (bicyclic) bond motifs is 1. The molecule has 1 atom stereocenters. The average molecular weight is 207 g/mol. The van der Waals surface area contributed by atoms with Gasteiger partial charge in [-0.05, 0) is 12.3 Å². The number of carbonyl (C=O) groups excluding carboxylic acids is 1. The summed E-state index contributed by atoms with van der Waals surface area (Å²) in [5.41, 5.74) is 0. The zero-order valence-electron chi connectivity index (χ0n) is 9.47. The van der Waals surface area contributed by atoms with Crippen LogP contribution in [0, 0.1) is 11.8 Å². The van der Waals surface area contributed by atoms with E-state index in [9.17, 15) is 4.79 Å². The van der Waals surface area contributed by atoms with Crippen LogP contribution < -0.4 is 4.90 Å². The lowest BCUT2D eigenvalue weighted by molar-refractivity contribution is -0.123. The smallest absolute Gasteiger partial charge is 0.231 e. The van der Waals surface area contributed by atoms with Gasteiger partial charge in [-0.2, -0.15) is 5.10 Å². The summed E-state index contributed by atoms with van der Waals surface area (Å²) in [6.45, 7) is 5.04. The third kappa shape index (κ3) is 1.64. The molecule has 1 aliphatic rings. The summed E-state index contributed by atoms with van der Waals surface area (Å²) in [7, 11) is 1.83. The molecule has 2 rings (SSSR count). The lowest BCUT2D eigenvalue weighted by Gasteiger charge is -2.21. The topological polar surface area (TPSA) is 38.1 Å². The standard InChI is InChI=1S/C11H17N3O/c1-8(2)9-5-7-14-10(4-6-12-14)13(3)11(9)15/h4,6,8-9H,5,7H2,1-3H3. The molecular formula is C11H17N3O. The lowest BCUT2D eigenvalue weighted by Crippen LogP contribution is -2.34. The SMILES string of the molecule is CC(C)C1CCn2nccc2N(C)C1=O. The maximum Gasteiger partial charge on any atom is 0.231 e. The molecule has 1 unspecified atom stereocenters. The Kier molecular flexibility index (Phi) is 2.50. The number of aromatic nitrogens is 2. The predicted molar refractivity (Wildman–Crippen MR) is 58.6 cm³/mol. The van der Waals surface area contributed by atoms with Crippen LogP contribution in [0.15, 0.2) is 12.3 Å². The van der Waals surface area contributed by atoms with Gasteiger partial charge in [0.2, 0.25) is 5.91 Å². The van der Waals surface area contributed by atoms with Crippen LogP contribution in [0.4, 0.5) is 5.82 Å². The molecule has 1 aromatic heterocycles. The van der Waals surface area contributed by atoms with E-state index >= 15 is 0 Å². The molecule has 0 saturated carbocycles. The summed E-state index contributed by atoms with van der Waals surface area (Å²) in [5.74, 6) is 1.63. The summed E-state index contributed by atoms with van der Waals surface area (Å²) in [4.78, 5) is 13.9. The first kappa shape index (κ1) is 10.2. The van der Waals surface area contributed by atoms with Crippen molar-refractivity contribution in [3.63, 3.8) is 0 Å². The molecule has 0 fully saturated rings. The van der Waals surface area contributed by atoms with Gasteiger partial charge < -0.3 is 0 Å². The van der Waals surface area contributed by atoms with Crippen molar-refractivity contribution in [1.82, 2.24) is 9.78 Å². The minimum Gasteiger partial charge on any atom is -0.300 e. The lowest BCUT2D eigenvalue weighted by atomic mass is 9.91. The zero-order valence-corrected chi connectivity index (χ0v) is 9.47. The molecule has 0 N–H and O–H groups in total. The van der Waals surface area contributed by atoms with Crippen molar-refractivity contribution >= 4 is 11.7 Å². The van der Waals surface area contributed by atoms with E-state index in [1.54, 1.807) is 11.1 Å². The summed E-state index contributed by atoms with van der Waals surface area (Å²) in [5, 5.41) is 4.22. The molecule has 1 amide bonds. The molecule has 0 radical (unpaired) electrons. The second-order valence-corrected chi connectivity index (χ2v) is 4.45. The number of hydrogen-bond donors (Lipinski definition) is 0. The Labute approximate surface area is 89.9 Å². The van der Waals surface area contributed by atoms with Gasteiger partial charge in [0.15, 0.2) is 0 Å². The Morgan fingerprint density at radius 1 is 1.53 bits per heavy atom. The number of carbonyl (C=O) groups is 1. The fourth-order valence-corrected chi connectivity index (χ4v) is 2.15. The quantitative estimate of drug-likeness (QED) is 0.700. The van der Waals surface area contributed by atoms with Gasteiger partial charge in [0, 0.05) is 25.6 Å². The maximum atomic E-state index is 12.1. The van der Waals surface area contributed by atoms with Gasteiger partial charge in [0.1, 0.15) is 5.82 Å². The normalized spacial score (nSPS) is 21.7. The van der Waals surface area contributed by atoms with Crippen LogP contribution in [0.25, 0.3) is 0 Å². The first-order chi connectivity index (χ1) is 7.11. The van der Waals surface area contributed by atoms with Gasteiger partial charge in [-0.25, -0.2) is 4.68 Å². The Hall–Kier alpha value is -1.32. The van der Waals surface area contributed by atoms with Gasteiger partial charge in [0.05, 0.1) is 6.20 Å². The van der Waals surface area contributed by atoms with Gasteiger partial charge in [-0.3, -0.25) is 9.69 Å². The molecular weight excluding hydrogens is 190 g/mol. The van der Waals surface area contributed by atoms with Crippen LogP contribution in [-0.4, -0.2) is 22.7 Å². The van der Waals surface area contributed by atoms with E-state index in [2.05, 4.69) is 18.9 Å². The van der Waals surface area contributed by atoms with Crippen molar-refractivity contribution in [3.8, 4) is 0 Å². The Morgan fingerprint density at radius 2 is 2.27 bits per heavy atom. The van der Waals surface area contributed by atoms with Crippen LogP contribution in [0.2, 0.25) is 0 Å². The molecule has 4 nitrogen and oxygen atoms in total. The second-order valence-electron chi connectivity index (χ2n) is 4.45. The van der Waals surface area contributed by atoms with Gasteiger partial charge in [-0.15, -0.1) is 0 Å². The van der Waals surface area contributed by atoms with Crippen LogP contribution in [0.3, 0.4) is 0 Å². The zero-order chi connectivity index (χ0) is 11.0. The maximum absolute atomic E-state index is 12.1. The van der Waals surface area contributed by atoms with Crippen molar-refractivity contribution in [2.24, 2.45) is 11.8 Å². The van der Waals surface area contributed by atoms with Crippen molar-refractivity contribution in [2.75, 3.05) is 11.9 Å². The fourth-order valence-electron chi connectivity index (χ4n) is 2.15. The number of anilines is 1. The van der Waals surface area contributed by atoms with E-state index in [4.69, 9.17) is 0 Å². The van der Waals surface area contributed by atoms with E-state index in [1.165, 1.54) is 0 Å². The molecule has 0 spiro atoms. The largest absolute Gasteiger partial charge is 0.300 e.